The number of carbonyl (C=O) groups is 2. The summed E-state index contributed by atoms with van der Waals surface area (Å²) < 4.78 is 4.97. The lowest BCUT2D eigenvalue weighted by atomic mass is 10.1. The Kier molecular flexibility index (Phi) is 7.98. The number of ether oxygens (including phenoxy) is 1. The van der Waals surface area contributed by atoms with Crippen molar-refractivity contribution >= 4 is 23.2 Å². The number of rotatable bonds is 9. The fraction of sp³-hybridized carbons (Fsp3) is 0.476. The van der Waals surface area contributed by atoms with Gasteiger partial charge in [-0.05, 0) is 51.3 Å². The summed E-state index contributed by atoms with van der Waals surface area (Å²) >= 11 is 1.37. The second-order valence-electron chi connectivity index (χ2n) is 6.67. The Labute approximate surface area is 165 Å². The van der Waals surface area contributed by atoms with Crippen LogP contribution in [0.1, 0.15) is 72.0 Å². The van der Waals surface area contributed by atoms with Crippen molar-refractivity contribution in [3.8, 4) is 0 Å². The Bertz CT molecular complexity index is 753. The van der Waals surface area contributed by atoms with E-state index in [1.165, 1.54) is 16.9 Å². The molecule has 0 saturated carbocycles. The zero-order valence-electron chi connectivity index (χ0n) is 16.5. The zero-order chi connectivity index (χ0) is 19.8. The van der Waals surface area contributed by atoms with E-state index in [2.05, 4.69) is 11.9 Å². The first-order valence-electron chi connectivity index (χ1n) is 9.47. The number of benzene rings is 1. The summed E-state index contributed by atoms with van der Waals surface area (Å²) in [5, 5.41) is 2.40. The van der Waals surface area contributed by atoms with E-state index in [1.807, 2.05) is 38.1 Å². The topological polar surface area (TPSA) is 59.5 Å². The highest BCUT2D eigenvalue weighted by atomic mass is 32.1. The second kappa shape index (κ2) is 10.2. The minimum absolute atomic E-state index is 0.0206. The van der Waals surface area contributed by atoms with Crippen LogP contribution < -0.4 is 0 Å². The number of amides is 1. The van der Waals surface area contributed by atoms with Gasteiger partial charge in [-0.2, -0.15) is 0 Å². The zero-order valence-corrected chi connectivity index (χ0v) is 17.3. The molecule has 0 saturated heterocycles. The van der Waals surface area contributed by atoms with Crippen molar-refractivity contribution < 1.29 is 14.3 Å². The van der Waals surface area contributed by atoms with E-state index in [4.69, 9.17) is 4.74 Å². The number of hydrogen-bond donors (Lipinski definition) is 0. The molecule has 1 aromatic carbocycles. The molecule has 0 aliphatic heterocycles. The molecule has 2 aromatic rings. The van der Waals surface area contributed by atoms with E-state index < -0.39 is 5.97 Å². The summed E-state index contributed by atoms with van der Waals surface area (Å²) in [4.78, 5) is 30.8. The van der Waals surface area contributed by atoms with Gasteiger partial charge < -0.3 is 9.64 Å². The van der Waals surface area contributed by atoms with Gasteiger partial charge in [-0.1, -0.05) is 25.5 Å². The van der Waals surface area contributed by atoms with Gasteiger partial charge in [0.15, 0.2) is 5.69 Å². The summed E-state index contributed by atoms with van der Waals surface area (Å²) in [6.45, 7) is 8.58. The molecule has 0 aliphatic rings. The van der Waals surface area contributed by atoms with Crippen molar-refractivity contribution in [1.29, 1.82) is 0 Å². The van der Waals surface area contributed by atoms with Crippen LogP contribution in [0.4, 0.5) is 0 Å². The first kappa shape index (κ1) is 21.1. The molecule has 5 nitrogen and oxygen atoms in total. The fourth-order valence-electron chi connectivity index (χ4n) is 2.68. The summed E-state index contributed by atoms with van der Waals surface area (Å²) in [6, 6.07) is 7.88. The van der Waals surface area contributed by atoms with Crippen LogP contribution in [0.5, 0.6) is 0 Å². The maximum Gasteiger partial charge on any atom is 0.357 e. The minimum atomic E-state index is -0.426. The molecule has 27 heavy (non-hydrogen) atoms. The third-order valence-corrected chi connectivity index (χ3v) is 5.08. The van der Waals surface area contributed by atoms with Crippen LogP contribution in [0.15, 0.2) is 29.6 Å². The minimum Gasteiger partial charge on any atom is -0.461 e. The number of nitrogens with zero attached hydrogens (tertiary/aromatic N) is 2. The van der Waals surface area contributed by atoms with Crippen molar-refractivity contribution in [2.75, 3.05) is 6.61 Å². The first-order valence-corrected chi connectivity index (χ1v) is 10.4. The van der Waals surface area contributed by atoms with Gasteiger partial charge in [0.2, 0.25) is 0 Å². The van der Waals surface area contributed by atoms with Crippen LogP contribution in [0.3, 0.4) is 0 Å². The van der Waals surface area contributed by atoms with Crippen molar-refractivity contribution in [1.82, 2.24) is 9.88 Å². The Morgan fingerprint density at radius 2 is 1.89 bits per heavy atom. The van der Waals surface area contributed by atoms with Crippen LogP contribution in [-0.2, 0) is 17.7 Å². The first-order chi connectivity index (χ1) is 13.0. The SMILES string of the molecule is CCCCc1ccc(C(=O)N(Cc2nc(C(=O)OCC)cs2)C(C)C)cc1. The summed E-state index contributed by atoms with van der Waals surface area (Å²) in [5.74, 6) is -0.454. The molecule has 0 spiro atoms. The van der Waals surface area contributed by atoms with Gasteiger partial charge in [-0.15, -0.1) is 11.3 Å². The molecule has 0 aliphatic carbocycles. The Morgan fingerprint density at radius 3 is 2.48 bits per heavy atom. The van der Waals surface area contributed by atoms with Crippen molar-refractivity contribution in [2.24, 2.45) is 0 Å². The van der Waals surface area contributed by atoms with Gasteiger partial charge in [0.05, 0.1) is 13.2 Å². The largest absolute Gasteiger partial charge is 0.461 e. The Hall–Kier alpha value is -2.21. The lowest BCUT2D eigenvalue weighted by molar-refractivity contribution is 0.0520. The predicted molar refractivity (Wildman–Crippen MR) is 108 cm³/mol. The van der Waals surface area contributed by atoms with Crippen LogP contribution in [-0.4, -0.2) is 34.4 Å². The van der Waals surface area contributed by atoms with E-state index >= 15 is 0 Å². The Balaban J connectivity index is 2.10. The number of esters is 1. The number of thiazole rings is 1. The van der Waals surface area contributed by atoms with E-state index in [1.54, 1.807) is 17.2 Å². The normalized spacial score (nSPS) is 10.9. The summed E-state index contributed by atoms with van der Waals surface area (Å²) in [5.41, 5.74) is 2.22. The molecule has 0 atom stereocenters. The van der Waals surface area contributed by atoms with Gasteiger partial charge >= 0.3 is 5.97 Å². The average molecular weight is 389 g/mol. The standard InChI is InChI=1S/C21H28N2O3S/c1-5-7-8-16-9-11-17(12-10-16)20(24)23(15(3)4)13-19-22-18(14-27-19)21(25)26-6-2/h9-12,14-15H,5-8,13H2,1-4H3. The second-order valence-corrected chi connectivity index (χ2v) is 7.62. The monoisotopic (exact) mass is 388 g/mol. The van der Waals surface area contributed by atoms with Gasteiger partial charge in [-0.25, -0.2) is 9.78 Å². The molecule has 1 amide bonds. The molecule has 0 bridgehead atoms. The molecule has 1 heterocycles. The Morgan fingerprint density at radius 1 is 1.19 bits per heavy atom. The van der Waals surface area contributed by atoms with Crippen molar-refractivity contribution in [3.05, 3.63) is 51.5 Å². The summed E-state index contributed by atoms with van der Waals surface area (Å²) in [6.07, 6.45) is 3.34. The third kappa shape index (κ3) is 5.89. The highest BCUT2D eigenvalue weighted by Crippen LogP contribution is 2.18. The number of unbranched alkanes of at least 4 members (excludes halogenated alkanes) is 1. The van der Waals surface area contributed by atoms with E-state index in [-0.39, 0.29) is 11.9 Å². The third-order valence-electron chi connectivity index (χ3n) is 4.25. The van der Waals surface area contributed by atoms with Crippen molar-refractivity contribution in [2.45, 2.75) is 59.5 Å². The fourth-order valence-corrected chi connectivity index (χ4v) is 3.44. The lowest BCUT2D eigenvalue weighted by Crippen LogP contribution is -2.36. The molecule has 0 N–H and O–H groups in total. The number of carbonyl (C=O) groups excluding carboxylic acids is 2. The van der Waals surface area contributed by atoms with Crippen molar-refractivity contribution in [3.63, 3.8) is 0 Å². The highest BCUT2D eigenvalue weighted by Gasteiger charge is 2.21. The van der Waals surface area contributed by atoms with E-state index in [0.717, 1.165) is 24.3 Å². The maximum atomic E-state index is 13.0. The van der Waals surface area contributed by atoms with Crippen LogP contribution in [0.2, 0.25) is 0 Å². The highest BCUT2D eigenvalue weighted by molar-refractivity contribution is 7.09. The van der Waals surface area contributed by atoms with E-state index in [9.17, 15) is 9.59 Å². The molecular weight excluding hydrogens is 360 g/mol. The van der Waals surface area contributed by atoms with Gasteiger partial charge in [-0.3, -0.25) is 4.79 Å². The van der Waals surface area contributed by atoms with Crippen LogP contribution >= 0.6 is 11.3 Å². The molecule has 6 heteroatoms. The maximum absolute atomic E-state index is 13.0. The molecule has 2 rings (SSSR count). The van der Waals surface area contributed by atoms with Gasteiger partial charge in [0.1, 0.15) is 5.01 Å². The number of hydrogen-bond acceptors (Lipinski definition) is 5. The summed E-state index contributed by atoms with van der Waals surface area (Å²) in [7, 11) is 0. The molecule has 0 unspecified atom stereocenters. The molecule has 1 aromatic heterocycles. The smallest absolute Gasteiger partial charge is 0.357 e. The lowest BCUT2D eigenvalue weighted by Gasteiger charge is -2.26. The van der Waals surface area contributed by atoms with Gasteiger partial charge in [0, 0.05) is 17.0 Å². The number of aromatic nitrogens is 1. The predicted octanol–water partition coefficient (Wildman–Crippen LogP) is 4.71. The van der Waals surface area contributed by atoms with E-state index in [0.29, 0.717) is 24.4 Å². The molecular formula is C21H28N2O3S. The molecule has 0 fully saturated rings. The molecule has 0 radical (unpaired) electrons. The molecule has 146 valence electrons. The van der Waals surface area contributed by atoms with Crippen LogP contribution in [0, 0.1) is 0 Å². The van der Waals surface area contributed by atoms with Gasteiger partial charge in [0.25, 0.3) is 5.91 Å². The quantitative estimate of drug-likeness (QED) is 0.584. The number of aryl methyl sites for hydroxylation is 1. The van der Waals surface area contributed by atoms with Crippen LogP contribution in [0.25, 0.3) is 0 Å². The average Bonchev–Trinajstić information content (AvgIpc) is 3.13.